The van der Waals surface area contributed by atoms with E-state index in [-0.39, 0.29) is 35.9 Å². The normalized spacial score (nSPS) is 1.50. The maximum atomic E-state index is 7.88. The van der Waals surface area contributed by atoms with E-state index in [4.69, 9.17) is 3.90 Å². The molecule has 0 spiro atoms. The monoisotopic (exact) mass is 138 g/mol. The molecule has 0 aliphatic carbocycles. The number of hydrogen-bond acceptors (Lipinski definition) is 1. The SMILES string of the molecule is [Fe].[LiH].[O]=[Ni]. The fourth-order valence-corrected chi connectivity index (χ4v) is 0. The van der Waals surface area contributed by atoms with Crippen molar-refractivity contribution in [2.24, 2.45) is 0 Å². The first-order chi connectivity index (χ1) is 1.00. The molecule has 0 heterocycles. The summed E-state index contributed by atoms with van der Waals surface area (Å²) in [5, 5.41) is 0. The van der Waals surface area contributed by atoms with Crippen molar-refractivity contribution in [3.8, 4) is 0 Å². The van der Waals surface area contributed by atoms with Gasteiger partial charge in [-0.25, -0.2) is 0 Å². The zero-order valence-corrected chi connectivity index (χ0v) is 3.17. The Kier molecular flexibility index (Phi) is 117. The summed E-state index contributed by atoms with van der Waals surface area (Å²) in [4.78, 5) is 0. The van der Waals surface area contributed by atoms with Crippen LogP contribution in [-0.4, -0.2) is 18.9 Å². The van der Waals surface area contributed by atoms with Crippen molar-refractivity contribution < 1.29 is 36.4 Å². The second-order valence-electron chi connectivity index (χ2n) is 0. The summed E-state index contributed by atoms with van der Waals surface area (Å²) in [5.74, 6) is 0. The van der Waals surface area contributed by atoms with Crippen molar-refractivity contribution in [3.63, 3.8) is 0 Å². The third-order valence-corrected chi connectivity index (χ3v) is 0. The fourth-order valence-electron chi connectivity index (χ4n) is 0. The molecule has 0 radical (unpaired) electrons. The summed E-state index contributed by atoms with van der Waals surface area (Å²) in [5.41, 5.74) is 0. The molecule has 1 nitrogen and oxygen atoms in total. The molecular formula is HFeLiNiO. The van der Waals surface area contributed by atoms with E-state index in [9.17, 15) is 0 Å². The first kappa shape index (κ1) is 18.1. The van der Waals surface area contributed by atoms with E-state index in [1.165, 1.54) is 0 Å². The van der Waals surface area contributed by atoms with Crippen molar-refractivity contribution in [1.82, 2.24) is 0 Å². The van der Waals surface area contributed by atoms with Gasteiger partial charge in [0.2, 0.25) is 0 Å². The molecule has 4 heteroatoms. The maximum absolute atomic E-state index is 7.88. The predicted molar refractivity (Wildman–Crippen MR) is 7.84 cm³/mol. The standard InChI is InChI=1S/Fe.Li.Ni.O.H. The summed E-state index contributed by atoms with van der Waals surface area (Å²) in [7, 11) is 0. The Morgan fingerprint density at radius 3 is 1.25 bits per heavy atom. The summed E-state index contributed by atoms with van der Waals surface area (Å²) in [6.45, 7) is 0. The molecule has 0 aromatic carbocycles. The zero-order chi connectivity index (χ0) is 2.00. The van der Waals surface area contributed by atoms with Crippen LogP contribution >= 0.6 is 0 Å². The average Bonchev–Trinajstić information content (AvgIpc) is 1.00. The predicted octanol–water partition coefficient (Wildman–Crippen LogP) is -0.772. The van der Waals surface area contributed by atoms with Gasteiger partial charge in [0.05, 0.1) is 0 Å². The molecule has 0 fully saturated rings. The number of hydrogen-bond donors (Lipinski definition) is 0. The van der Waals surface area contributed by atoms with Crippen molar-refractivity contribution in [3.05, 3.63) is 0 Å². The van der Waals surface area contributed by atoms with E-state index in [0.717, 1.165) is 0 Å². The van der Waals surface area contributed by atoms with Gasteiger partial charge in [-0.05, 0) is 0 Å². The number of rotatable bonds is 0. The molecule has 0 bridgehead atoms. The molecule has 0 aromatic rings. The molecule has 0 rings (SSSR count). The van der Waals surface area contributed by atoms with E-state index in [0.29, 0.717) is 0 Å². The van der Waals surface area contributed by atoms with Crippen LogP contribution in [0, 0.1) is 0 Å². The second kappa shape index (κ2) is 25.8. The fraction of sp³-hybridized carbons (Fsp3) is 0. The van der Waals surface area contributed by atoms with Gasteiger partial charge in [-0.3, -0.25) is 0 Å². The zero-order valence-electron chi connectivity index (χ0n) is 1.08. The van der Waals surface area contributed by atoms with Gasteiger partial charge in [0.15, 0.2) is 0 Å². The van der Waals surface area contributed by atoms with Crippen molar-refractivity contribution >= 4 is 18.9 Å². The topological polar surface area (TPSA) is 17.1 Å². The molecule has 0 atom stereocenters. The first-order valence-corrected chi connectivity index (χ1v) is 0.532. The van der Waals surface area contributed by atoms with E-state index < -0.39 is 0 Å². The Bertz CT molecular complexity index is 8.00. The van der Waals surface area contributed by atoms with Crippen LogP contribution in [0.3, 0.4) is 0 Å². The van der Waals surface area contributed by atoms with Gasteiger partial charge in [0, 0.05) is 17.1 Å². The van der Waals surface area contributed by atoms with Crippen LogP contribution in [0.5, 0.6) is 0 Å². The Morgan fingerprint density at radius 2 is 1.25 bits per heavy atom. The van der Waals surface area contributed by atoms with Crippen LogP contribution in [0.15, 0.2) is 0 Å². The summed E-state index contributed by atoms with van der Waals surface area (Å²) < 4.78 is 7.88. The van der Waals surface area contributed by atoms with E-state index in [2.05, 4.69) is 15.4 Å². The first-order valence-electron chi connectivity index (χ1n) is 0.129. The second-order valence-corrected chi connectivity index (χ2v) is 0. The summed E-state index contributed by atoms with van der Waals surface area (Å²) >= 11 is 2.62. The summed E-state index contributed by atoms with van der Waals surface area (Å²) in [6, 6.07) is 0. The molecule has 0 aromatic heterocycles. The molecule has 0 saturated heterocycles. The molecule has 26 valence electrons. The van der Waals surface area contributed by atoms with E-state index >= 15 is 0 Å². The van der Waals surface area contributed by atoms with Crippen LogP contribution in [0.2, 0.25) is 0 Å². The Balaban J connectivity index is -0.00000000500. The van der Waals surface area contributed by atoms with Crippen LogP contribution in [0.1, 0.15) is 0 Å². The van der Waals surface area contributed by atoms with Gasteiger partial charge in [-0.2, -0.15) is 0 Å². The van der Waals surface area contributed by atoms with Crippen LogP contribution in [-0.2, 0) is 36.4 Å². The molecule has 0 unspecified atom stereocenters. The molecular weight excluding hydrogens is 137 g/mol. The van der Waals surface area contributed by atoms with Gasteiger partial charge >= 0.3 is 38.1 Å². The van der Waals surface area contributed by atoms with Crippen LogP contribution in [0.4, 0.5) is 0 Å². The quantitative estimate of drug-likeness (QED) is 0.402. The Labute approximate surface area is 55.1 Å². The van der Waals surface area contributed by atoms with Gasteiger partial charge < -0.3 is 0 Å². The van der Waals surface area contributed by atoms with E-state index in [1.54, 1.807) is 0 Å². The Morgan fingerprint density at radius 1 is 1.25 bits per heavy atom. The van der Waals surface area contributed by atoms with Gasteiger partial charge in [-0.1, -0.05) is 0 Å². The minimum absolute atomic E-state index is 0. The Hall–Kier alpha value is 1.41. The molecule has 0 aliphatic heterocycles. The van der Waals surface area contributed by atoms with Crippen molar-refractivity contribution in [2.45, 2.75) is 0 Å². The molecule has 0 aliphatic rings. The van der Waals surface area contributed by atoms with Gasteiger partial charge in [0.25, 0.3) is 0 Å². The molecule has 0 N–H and O–H groups in total. The van der Waals surface area contributed by atoms with E-state index in [1.807, 2.05) is 0 Å². The molecule has 0 saturated carbocycles. The van der Waals surface area contributed by atoms with Gasteiger partial charge in [0.1, 0.15) is 0 Å². The van der Waals surface area contributed by atoms with Crippen molar-refractivity contribution in [1.29, 1.82) is 0 Å². The van der Waals surface area contributed by atoms with Crippen LogP contribution < -0.4 is 0 Å². The van der Waals surface area contributed by atoms with Crippen molar-refractivity contribution in [2.75, 3.05) is 0 Å². The molecule has 4 heavy (non-hydrogen) atoms. The van der Waals surface area contributed by atoms with Crippen LogP contribution in [0.25, 0.3) is 0 Å². The third-order valence-electron chi connectivity index (χ3n) is 0. The minimum atomic E-state index is 0. The summed E-state index contributed by atoms with van der Waals surface area (Å²) in [6.07, 6.45) is 0. The average molecular weight is 138 g/mol. The van der Waals surface area contributed by atoms with Gasteiger partial charge in [-0.15, -0.1) is 0 Å². The third kappa shape index (κ3) is 9.96. The molecule has 0 amide bonds.